The molecular weight excluding hydrogens is 775 g/mol. The Hall–Kier alpha value is -8.61. The first-order valence-electron chi connectivity index (χ1n) is 21.0. The summed E-state index contributed by atoms with van der Waals surface area (Å²) in [5.41, 5.74) is 14.2. The van der Waals surface area contributed by atoms with Crippen LogP contribution in [0.1, 0.15) is 0 Å². The molecular formula is C57H33N3O3. The molecule has 6 heteroatoms. The molecule has 0 fully saturated rings. The molecule has 4 heterocycles. The maximum Gasteiger partial charge on any atom is 0.164 e. The van der Waals surface area contributed by atoms with Gasteiger partial charge < -0.3 is 13.3 Å². The fourth-order valence-electron chi connectivity index (χ4n) is 9.14. The van der Waals surface area contributed by atoms with Crippen molar-refractivity contribution in [2.24, 2.45) is 0 Å². The summed E-state index contributed by atoms with van der Waals surface area (Å²) in [6.45, 7) is 0. The Labute approximate surface area is 360 Å². The summed E-state index contributed by atoms with van der Waals surface area (Å²) in [5, 5.41) is 6.15. The number of aromatic nitrogens is 3. The highest BCUT2D eigenvalue weighted by molar-refractivity contribution is 6.16. The zero-order valence-electron chi connectivity index (χ0n) is 33.6. The highest BCUT2D eigenvalue weighted by atomic mass is 16.3. The molecule has 0 radical (unpaired) electrons. The summed E-state index contributed by atoms with van der Waals surface area (Å²) in [4.78, 5) is 15.4. The first-order valence-corrected chi connectivity index (χ1v) is 21.0. The zero-order valence-corrected chi connectivity index (χ0v) is 33.6. The number of para-hydroxylation sites is 1. The molecule has 0 N–H and O–H groups in total. The van der Waals surface area contributed by atoms with Crippen molar-refractivity contribution in [3.63, 3.8) is 0 Å². The maximum absolute atomic E-state index is 6.56. The van der Waals surface area contributed by atoms with Crippen LogP contribution in [0.3, 0.4) is 0 Å². The Bertz CT molecular complexity index is 3920. The molecule has 0 aliphatic carbocycles. The molecule has 0 saturated carbocycles. The SMILES string of the molecule is c1ccc(-c2cccc(-c3ccc4oc5cccc(-c6ccc7oc8cccc(-c9nc(-c%10ccccc%10)nc(-c%10ccc%11c(c%10)oc%10ccccc%10%11)n9)c8c7c6)c5c4c3)c2)cc1. The van der Waals surface area contributed by atoms with Crippen LogP contribution in [0.25, 0.3) is 133 Å². The topological polar surface area (TPSA) is 78.1 Å². The summed E-state index contributed by atoms with van der Waals surface area (Å²) in [7, 11) is 0. The van der Waals surface area contributed by atoms with Gasteiger partial charge in [-0.2, -0.15) is 0 Å². The smallest absolute Gasteiger partial charge is 0.164 e. The minimum absolute atomic E-state index is 0.550. The third kappa shape index (κ3) is 5.84. The van der Waals surface area contributed by atoms with Crippen LogP contribution < -0.4 is 0 Å². The van der Waals surface area contributed by atoms with E-state index in [0.29, 0.717) is 17.5 Å². The second-order valence-corrected chi connectivity index (χ2v) is 15.9. The molecule has 0 bridgehead atoms. The minimum Gasteiger partial charge on any atom is -0.456 e. The van der Waals surface area contributed by atoms with E-state index in [9.17, 15) is 0 Å². The van der Waals surface area contributed by atoms with Crippen molar-refractivity contribution in [2.75, 3.05) is 0 Å². The van der Waals surface area contributed by atoms with E-state index in [1.54, 1.807) is 0 Å². The van der Waals surface area contributed by atoms with Crippen molar-refractivity contribution in [3.05, 3.63) is 200 Å². The Balaban J connectivity index is 0.967. The van der Waals surface area contributed by atoms with Crippen molar-refractivity contribution in [3.8, 4) is 67.5 Å². The molecule has 4 aromatic heterocycles. The molecule has 6 nitrogen and oxygen atoms in total. The van der Waals surface area contributed by atoms with E-state index in [2.05, 4.69) is 121 Å². The molecule has 13 aromatic rings. The number of hydrogen-bond donors (Lipinski definition) is 0. The quantitative estimate of drug-likeness (QED) is 0.166. The number of furan rings is 3. The monoisotopic (exact) mass is 807 g/mol. The average Bonchev–Trinajstić information content (AvgIpc) is 4.05. The van der Waals surface area contributed by atoms with Gasteiger partial charge in [0.15, 0.2) is 17.5 Å². The average molecular weight is 808 g/mol. The molecule has 0 unspecified atom stereocenters. The van der Waals surface area contributed by atoms with Gasteiger partial charge in [-0.15, -0.1) is 0 Å². The van der Waals surface area contributed by atoms with Crippen molar-refractivity contribution >= 4 is 65.8 Å². The van der Waals surface area contributed by atoms with Gasteiger partial charge in [0.2, 0.25) is 0 Å². The molecule has 0 spiro atoms. The fraction of sp³-hybridized carbons (Fsp3) is 0. The van der Waals surface area contributed by atoms with Crippen LogP contribution in [0, 0.1) is 0 Å². The van der Waals surface area contributed by atoms with Crippen LogP contribution in [-0.4, -0.2) is 15.0 Å². The van der Waals surface area contributed by atoms with E-state index in [0.717, 1.165) is 105 Å². The molecule has 9 aromatic carbocycles. The Morgan fingerprint density at radius 3 is 1.48 bits per heavy atom. The number of nitrogens with zero attached hydrogens (tertiary/aromatic N) is 3. The van der Waals surface area contributed by atoms with Gasteiger partial charge in [-0.05, 0) is 94.0 Å². The number of rotatable bonds is 6. The van der Waals surface area contributed by atoms with Gasteiger partial charge in [-0.3, -0.25) is 0 Å². The second kappa shape index (κ2) is 14.0. The van der Waals surface area contributed by atoms with Gasteiger partial charge in [0.05, 0.1) is 0 Å². The van der Waals surface area contributed by atoms with Gasteiger partial charge >= 0.3 is 0 Å². The standard InChI is InChI=1S/C57H33N3O3/c1-3-12-34(13-4-1)36-16-9-17-37(30-36)38-25-28-48-45(31-38)53-41(19-10-22-50(53)61-48)39-26-29-49-46(32-39)54-44(20-11-23-51(54)62-49)57-59-55(35-14-5-2-6-15-35)58-56(60-57)40-24-27-43-42-18-7-8-21-47(42)63-52(43)33-40/h1-33H. The Morgan fingerprint density at radius 1 is 0.238 bits per heavy atom. The third-order valence-electron chi connectivity index (χ3n) is 12.1. The molecule has 0 saturated heterocycles. The predicted molar refractivity (Wildman–Crippen MR) is 254 cm³/mol. The summed E-state index contributed by atoms with van der Waals surface area (Å²) in [6, 6.07) is 68.8. The van der Waals surface area contributed by atoms with E-state index in [4.69, 9.17) is 28.2 Å². The molecule has 0 aliphatic heterocycles. The molecule has 294 valence electrons. The van der Waals surface area contributed by atoms with Gasteiger partial charge in [0.1, 0.15) is 33.5 Å². The molecule has 0 atom stereocenters. The number of benzene rings is 9. The largest absolute Gasteiger partial charge is 0.456 e. The summed E-state index contributed by atoms with van der Waals surface area (Å²) in [5.74, 6) is 1.68. The third-order valence-corrected chi connectivity index (χ3v) is 12.1. The highest BCUT2D eigenvalue weighted by Crippen LogP contribution is 2.43. The van der Waals surface area contributed by atoms with E-state index < -0.39 is 0 Å². The minimum atomic E-state index is 0.550. The van der Waals surface area contributed by atoms with Crippen molar-refractivity contribution < 1.29 is 13.3 Å². The van der Waals surface area contributed by atoms with Gasteiger partial charge in [-0.1, -0.05) is 140 Å². The number of hydrogen-bond acceptors (Lipinski definition) is 6. The lowest BCUT2D eigenvalue weighted by atomic mass is 9.95. The fourth-order valence-corrected chi connectivity index (χ4v) is 9.14. The van der Waals surface area contributed by atoms with Crippen LogP contribution in [0.2, 0.25) is 0 Å². The van der Waals surface area contributed by atoms with E-state index in [1.807, 2.05) is 78.9 Å². The Morgan fingerprint density at radius 2 is 0.714 bits per heavy atom. The summed E-state index contributed by atoms with van der Waals surface area (Å²) >= 11 is 0. The first-order chi connectivity index (χ1) is 31.2. The van der Waals surface area contributed by atoms with Crippen LogP contribution in [0.5, 0.6) is 0 Å². The molecule has 13 rings (SSSR count). The maximum atomic E-state index is 6.56. The summed E-state index contributed by atoms with van der Waals surface area (Å²) in [6.07, 6.45) is 0. The van der Waals surface area contributed by atoms with Gasteiger partial charge in [-0.25, -0.2) is 15.0 Å². The van der Waals surface area contributed by atoms with Crippen LogP contribution in [0.4, 0.5) is 0 Å². The lowest BCUT2D eigenvalue weighted by Gasteiger charge is -2.09. The van der Waals surface area contributed by atoms with Crippen LogP contribution >= 0.6 is 0 Å². The van der Waals surface area contributed by atoms with E-state index in [-0.39, 0.29) is 0 Å². The van der Waals surface area contributed by atoms with Crippen LogP contribution in [-0.2, 0) is 0 Å². The van der Waals surface area contributed by atoms with Crippen molar-refractivity contribution in [2.45, 2.75) is 0 Å². The lowest BCUT2D eigenvalue weighted by molar-refractivity contribution is 0.668. The highest BCUT2D eigenvalue weighted by Gasteiger charge is 2.21. The second-order valence-electron chi connectivity index (χ2n) is 15.9. The predicted octanol–water partition coefficient (Wildman–Crippen LogP) is 15.6. The zero-order chi connectivity index (χ0) is 41.4. The van der Waals surface area contributed by atoms with Gasteiger partial charge in [0.25, 0.3) is 0 Å². The first kappa shape index (κ1) is 35.2. The number of fused-ring (bicyclic) bond motifs is 9. The molecule has 0 aliphatic rings. The van der Waals surface area contributed by atoms with Crippen molar-refractivity contribution in [1.82, 2.24) is 15.0 Å². The lowest BCUT2D eigenvalue weighted by Crippen LogP contribution is -2.00. The normalized spacial score (nSPS) is 11.8. The van der Waals surface area contributed by atoms with E-state index in [1.165, 1.54) is 11.1 Å². The molecule has 63 heavy (non-hydrogen) atoms. The summed E-state index contributed by atoms with van der Waals surface area (Å²) < 4.78 is 19.4. The Kier molecular flexibility index (Phi) is 7.80. The van der Waals surface area contributed by atoms with Crippen molar-refractivity contribution in [1.29, 1.82) is 0 Å². The van der Waals surface area contributed by atoms with Crippen LogP contribution in [0.15, 0.2) is 213 Å². The molecule has 0 amide bonds. The van der Waals surface area contributed by atoms with E-state index >= 15 is 0 Å². The van der Waals surface area contributed by atoms with Gasteiger partial charge in [0, 0.05) is 49.0 Å².